The van der Waals surface area contributed by atoms with Gasteiger partial charge in [-0.2, -0.15) is 5.10 Å². The minimum Gasteiger partial charge on any atom is -0.423 e. The Morgan fingerprint density at radius 3 is 2.16 bits per heavy atom. The van der Waals surface area contributed by atoms with Crippen LogP contribution in [0.1, 0.15) is 15.9 Å². The van der Waals surface area contributed by atoms with Gasteiger partial charge in [0.25, 0.3) is 0 Å². The Kier molecular flexibility index (Phi) is 7.37. The molecule has 0 aliphatic carbocycles. The Hall–Kier alpha value is -3.68. The molecule has 0 aliphatic rings. The van der Waals surface area contributed by atoms with Crippen molar-refractivity contribution in [2.24, 2.45) is 5.10 Å². The fourth-order valence-electron chi connectivity index (χ4n) is 2.35. The third kappa shape index (κ3) is 6.67. The predicted molar refractivity (Wildman–Crippen MR) is 119 cm³/mol. The molecule has 156 valence electrons. The van der Waals surface area contributed by atoms with Crippen LogP contribution in [-0.2, 0) is 9.59 Å². The van der Waals surface area contributed by atoms with E-state index in [-0.39, 0.29) is 5.75 Å². The van der Waals surface area contributed by atoms with Crippen LogP contribution in [0.25, 0.3) is 0 Å². The number of rotatable bonds is 5. The van der Waals surface area contributed by atoms with Crippen molar-refractivity contribution in [3.05, 3.63) is 94.0 Å². The van der Waals surface area contributed by atoms with Crippen molar-refractivity contribution >= 4 is 52.9 Å². The molecule has 9 heteroatoms. The van der Waals surface area contributed by atoms with Crippen molar-refractivity contribution in [3.63, 3.8) is 0 Å². The van der Waals surface area contributed by atoms with E-state index in [9.17, 15) is 14.4 Å². The second-order valence-electron chi connectivity index (χ2n) is 6.13. The van der Waals surface area contributed by atoms with Gasteiger partial charge in [0.1, 0.15) is 5.75 Å². The first kappa shape index (κ1) is 22.0. The zero-order chi connectivity index (χ0) is 22.2. The molecule has 0 atom stereocenters. The van der Waals surface area contributed by atoms with Crippen molar-refractivity contribution < 1.29 is 19.1 Å². The highest BCUT2D eigenvalue weighted by Gasteiger charge is 2.13. The summed E-state index contributed by atoms with van der Waals surface area (Å²) in [5.41, 5.74) is 3.44. The predicted octanol–water partition coefficient (Wildman–Crippen LogP) is 4.30. The van der Waals surface area contributed by atoms with E-state index in [2.05, 4.69) is 15.8 Å². The maximum absolute atomic E-state index is 12.2. The summed E-state index contributed by atoms with van der Waals surface area (Å²) in [7, 11) is 0. The number of anilines is 1. The van der Waals surface area contributed by atoms with E-state index >= 15 is 0 Å². The van der Waals surface area contributed by atoms with E-state index in [1.807, 2.05) is 0 Å². The molecule has 0 unspecified atom stereocenters. The zero-order valence-electron chi connectivity index (χ0n) is 15.8. The summed E-state index contributed by atoms with van der Waals surface area (Å²) in [4.78, 5) is 35.9. The Morgan fingerprint density at radius 2 is 1.48 bits per heavy atom. The summed E-state index contributed by atoms with van der Waals surface area (Å²) in [5.74, 6) is -2.09. The van der Waals surface area contributed by atoms with Crippen LogP contribution in [0.2, 0.25) is 10.0 Å². The smallest absolute Gasteiger partial charge is 0.343 e. The number of hydrogen-bond acceptors (Lipinski definition) is 5. The van der Waals surface area contributed by atoms with Gasteiger partial charge in [-0.1, -0.05) is 35.3 Å². The lowest BCUT2D eigenvalue weighted by atomic mass is 10.2. The minimum absolute atomic E-state index is 0.288. The molecule has 0 saturated carbocycles. The number of carbonyl (C=O) groups is 3. The van der Waals surface area contributed by atoms with Gasteiger partial charge in [0, 0.05) is 15.7 Å². The van der Waals surface area contributed by atoms with Crippen LogP contribution < -0.4 is 15.5 Å². The molecule has 0 spiro atoms. The number of ether oxygens (including phenoxy) is 1. The first-order valence-electron chi connectivity index (χ1n) is 8.88. The first-order valence-corrected chi connectivity index (χ1v) is 9.64. The first-order chi connectivity index (χ1) is 14.9. The molecule has 0 saturated heterocycles. The van der Waals surface area contributed by atoms with E-state index in [1.54, 1.807) is 72.8 Å². The maximum atomic E-state index is 12.2. The fraction of sp³-hybridized carbons (Fsp3) is 0. The van der Waals surface area contributed by atoms with Crippen LogP contribution in [0, 0.1) is 0 Å². The summed E-state index contributed by atoms with van der Waals surface area (Å²) < 4.78 is 5.32. The largest absolute Gasteiger partial charge is 0.423 e. The quantitative estimate of drug-likeness (QED) is 0.197. The van der Waals surface area contributed by atoms with Crippen molar-refractivity contribution in [2.45, 2.75) is 0 Å². The number of carbonyl (C=O) groups excluding carboxylic acids is 3. The third-order valence-electron chi connectivity index (χ3n) is 3.84. The van der Waals surface area contributed by atoms with Crippen molar-refractivity contribution in [2.75, 3.05) is 5.32 Å². The SMILES string of the molecule is O=C(NN=Cc1cccc(OC(=O)c2ccc(Cl)cc2)c1)C(=O)Nc1ccc(Cl)cc1. The molecule has 0 heterocycles. The van der Waals surface area contributed by atoms with E-state index in [0.29, 0.717) is 26.9 Å². The van der Waals surface area contributed by atoms with Crippen LogP contribution in [0.4, 0.5) is 5.69 Å². The number of hydrazone groups is 1. The Labute approximate surface area is 187 Å². The summed E-state index contributed by atoms with van der Waals surface area (Å²) >= 11 is 11.6. The fourth-order valence-corrected chi connectivity index (χ4v) is 2.60. The summed E-state index contributed by atoms with van der Waals surface area (Å²) in [6, 6.07) is 19.1. The number of hydrogen-bond donors (Lipinski definition) is 2. The molecule has 3 aromatic rings. The van der Waals surface area contributed by atoms with Gasteiger partial charge >= 0.3 is 17.8 Å². The van der Waals surface area contributed by atoms with Gasteiger partial charge in [0.2, 0.25) is 0 Å². The third-order valence-corrected chi connectivity index (χ3v) is 4.34. The van der Waals surface area contributed by atoms with E-state index in [4.69, 9.17) is 27.9 Å². The van der Waals surface area contributed by atoms with Crippen LogP contribution >= 0.6 is 23.2 Å². The molecule has 7 nitrogen and oxygen atoms in total. The second kappa shape index (κ2) is 10.4. The van der Waals surface area contributed by atoms with Crippen LogP contribution in [0.15, 0.2) is 77.9 Å². The normalized spacial score (nSPS) is 10.5. The van der Waals surface area contributed by atoms with Crippen LogP contribution in [-0.4, -0.2) is 24.0 Å². The van der Waals surface area contributed by atoms with Crippen LogP contribution in [0.3, 0.4) is 0 Å². The van der Waals surface area contributed by atoms with E-state index < -0.39 is 17.8 Å². The summed E-state index contributed by atoms with van der Waals surface area (Å²) in [5, 5.41) is 7.18. The van der Waals surface area contributed by atoms with Gasteiger partial charge in [-0.25, -0.2) is 10.2 Å². The van der Waals surface area contributed by atoms with E-state index in [1.165, 1.54) is 6.21 Å². The molecule has 2 amide bonds. The number of nitrogens with one attached hydrogen (secondary N) is 2. The van der Waals surface area contributed by atoms with Gasteiger partial charge in [-0.05, 0) is 66.2 Å². The summed E-state index contributed by atoms with van der Waals surface area (Å²) in [6.45, 7) is 0. The van der Waals surface area contributed by atoms with Gasteiger partial charge in [0.05, 0.1) is 11.8 Å². The lowest BCUT2D eigenvalue weighted by Crippen LogP contribution is -2.32. The van der Waals surface area contributed by atoms with Gasteiger partial charge in [-0.3, -0.25) is 9.59 Å². The topological polar surface area (TPSA) is 96.9 Å². The van der Waals surface area contributed by atoms with Crippen molar-refractivity contribution in [1.82, 2.24) is 5.43 Å². The Morgan fingerprint density at radius 1 is 0.839 bits per heavy atom. The number of esters is 1. The second-order valence-corrected chi connectivity index (χ2v) is 7.00. The van der Waals surface area contributed by atoms with Crippen molar-refractivity contribution in [1.29, 1.82) is 0 Å². The van der Waals surface area contributed by atoms with Gasteiger partial charge in [-0.15, -0.1) is 0 Å². The standard InChI is InChI=1S/C22H15Cl2N3O4/c23-16-6-4-15(5-7-16)22(30)31-19-3-1-2-14(12-19)13-25-27-21(29)20(28)26-18-10-8-17(24)9-11-18/h1-13H,(H,26,28)(H,27,29). The number of amides is 2. The molecule has 0 bridgehead atoms. The average molecular weight is 456 g/mol. The maximum Gasteiger partial charge on any atom is 0.343 e. The number of benzene rings is 3. The highest BCUT2D eigenvalue weighted by Crippen LogP contribution is 2.16. The van der Waals surface area contributed by atoms with Gasteiger partial charge in [0.15, 0.2) is 0 Å². The van der Waals surface area contributed by atoms with E-state index in [0.717, 1.165) is 0 Å². The highest BCUT2D eigenvalue weighted by molar-refractivity contribution is 6.39. The lowest BCUT2D eigenvalue weighted by molar-refractivity contribution is -0.136. The average Bonchev–Trinajstić information content (AvgIpc) is 2.76. The molecule has 0 radical (unpaired) electrons. The van der Waals surface area contributed by atoms with Crippen LogP contribution in [0.5, 0.6) is 5.75 Å². The molecular formula is C22H15Cl2N3O4. The Balaban J connectivity index is 1.55. The Bertz CT molecular complexity index is 1130. The molecule has 31 heavy (non-hydrogen) atoms. The molecule has 3 aromatic carbocycles. The minimum atomic E-state index is -0.948. The highest BCUT2D eigenvalue weighted by atomic mass is 35.5. The molecule has 0 aliphatic heterocycles. The molecule has 3 rings (SSSR count). The molecule has 2 N–H and O–H groups in total. The molecule has 0 fully saturated rings. The van der Waals surface area contributed by atoms with Crippen molar-refractivity contribution in [3.8, 4) is 5.75 Å². The summed E-state index contributed by atoms with van der Waals surface area (Å²) in [6.07, 6.45) is 1.31. The molecular weight excluding hydrogens is 441 g/mol. The molecule has 0 aromatic heterocycles. The lowest BCUT2D eigenvalue weighted by Gasteiger charge is -2.05. The number of halogens is 2. The zero-order valence-corrected chi connectivity index (χ0v) is 17.4. The van der Waals surface area contributed by atoms with Gasteiger partial charge < -0.3 is 10.1 Å². The monoisotopic (exact) mass is 455 g/mol. The number of nitrogens with zero attached hydrogens (tertiary/aromatic N) is 1.